The van der Waals surface area contributed by atoms with Crippen molar-refractivity contribution in [1.29, 1.82) is 0 Å². The van der Waals surface area contributed by atoms with Crippen molar-refractivity contribution in [1.82, 2.24) is 10.2 Å². The molecule has 1 aliphatic carbocycles. The average molecular weight is 221 g/mol. The number of carboxylic acids is 1. The standard InChI is InChI=1S/C11H15N3O2/c1-7-3-2-4-8(7)12-10-6-5-9(11(15)16)13-14-10/h5-8H,2-4H2,1H3,(H,12,14)(H,15,16). The van der Waals surface area contributed by atoms with E-state index in [9.17, 15) is 4.79 Å². The van der Waals surface area contributed by atoms with Crippen molar-refractivity contribution in [2.45, 2.75) is 32.2 Å². The molecule has 1 aliphatic rings. The van der Waals surface area contributed by atoms with Crippen LogP contribution in [-0.4, -0.2) is 27.3 Å². The van der Waals surface area contributed by atoms with Crippen LogP contribution in [0.2, 0.25) is 0 Å². The summed E-state index contributed by atoms with van der Waals surface area (Å²) >= 11 is 0. The molecule has 1 aromatic heterocycles. The molecule has 5 heteroatoms. The van der Waals surface area contributed by atoms with Gasteiger partial charge in [-0.25, -0.2) is 4.79 Å². The molecule has 86 valence electrons. The fourth-order valence-electron chi connectivity index (χ4n) is 2.07. The van der Waals surface area contributed by atoms with Gasteiger partial charge in [0.1, 0.15) is 5.82 Å². The van der Waals surface area contributed by atoms with Crippen LogP contribution < -0.4 is 5.32 Å². The third-order valence-electron chi connectivity index (χ3n) is 3.08. The third-order valence-corrected chi connectivity index (χ3v) is 3.08. The first kappa shape index (κ1) is 10.9. The Kier molecular flexibility index (Phi) is 3.03. The van der Waals surface area contributed by atoms with E-state index in [0.29, 0.717) is 17.8 Å². The number of anilines is 1. The van der Waals surface area contributed by atoms with Gasteiger partial charge in [0.25, 0.3) is 0 Å². The summed E-state index contributed by atoms with van der Waals surface area (Å²) in [6.45, 7) is 2.21. The lowest BCUT2D eigenvalue weighted by molar-refractivity contribution is 0.0689. The number of aromatic nitrogens is 2. The normalized spacial score (nSPS) is 24.3. The first-order valence-corrected chi connectivity index (χ1v) is 5.50. The number of aromatic carboxylic acids is 1. The summed E-state index contributed by atoms with van der Waals surface area (Å²) < 4.78 is 0. The third kappa shape index (κ3) is 2.29. The molecule has 1 heterocycles. The molecule has 0 bridgehead atoms. The van der Waals surface area contributed by atoms with Gasteiger partial charge >= 0.3 is 5.97 Å². The zero-order valence-electron chi connectivity index (χ0n) is 9.18. The van der Waals surface area contributed by atoms with Crippen LogP contribution in [0, 0.1) is 5.92 Å². The predicted molar refractivity (Wildman–Crippen MR) is 59.4 cm³/mol. The highest BCUT2D eigenvalue weighted by Crippen LogP contribution is 2.27. The molecule has 0 aliphatic heterocycles. The van der Waals surface area contributed by atoms with Crippen LogP contribution >= 0.6 is 0 Å². The van der Waals surface area contributed by atoms with Gasteiger partial charge in [-0.2, -0.15) is 0 Å². The summed E-state index contributed by atoms with van der Waals surface area (Å²) in [5, 5.41) is 19.5. The zero-order valence-corrected chi connectivity index (χ0v) is 9.18. The minimum Gasteiger partial charge on any atom is -0.476 e. The van der Waals surface area contributed by atoms with Crippen LogP contribution in [0.25, 0.3) is 0 Å². The van der Waals surface area contributed by atoms with E-state index in [0.717, 1.165) is 6.42 Å². The maximum atomic E-state index is 10.6. The summed E-state index contributed by atoms with van der Waals surface area (Å²) in [7, 11) is 0. The molecule has 2 N–H and O–H groups in total. The Morgan fingerprint density at radius 3 is 2.75 bits per heavy atom. The van der Waals surface area contributed by atoms with Crippen LogP contribution in [0.3, 0.4) is 0 Å². The van der Waals surface area contributed by atoms with Crippen molar-refractivity contribution < 1.29 is 9.90 Å². The van der Waals surface area contributed by atoms with E-state index in [1.165, 1.54) is 18.9 Å². The number of rotatable bonds is 3. The molecule has 0 radical (unpaired) electrons. The lowest BCUT2D eigenvalue weighted by Gasteiger charge is -2.17. The van der Waals surface area contributed by atoms with Crippen molar-refractivity contribution in [3.8, 4) is 0 Å². The van der Waals surface area contributed by atoms with Crippen LogP contribution in [0.15, 0.2) is 12.1 Å². The second-order valence-electron chi connectivity index (χ2n) is 4.27. The van der Waals surface area contributed by atoms with Crippen molar-refractivity contribution in [3.63, 3.8) is 0 Å². The number of hydrogen-bond donors (Lipinski definition) is 2. The van der Waals surface area contributed by atoms with E-state index >= 15 is 0 Å². The molecular weight excluding hydrogens is 206 g/mol. The lowest BCUT2D eigenvalue weighted by Crippen LogP contribution is -2.22. The van der Waals surface area contributed by atoms with Crippen molar-refractivity contribution in [2.24, 2.45) is 5.92 Å². The van der Waals surface area contributed by atoms with E-state index in [1.807, 2.05) is 0 Å². The maximum Gasteiger partial charge on any atom is 0.356 e. The number of carboxylic acid groups (broad SMARTS) is 1. The monoisotopic (exact) mass is 221 g/mol. The number of carbonyl (C=O) groups is 1. The minimum absolute atomic E-state index is 0.0231. The zero-order chi connectivity index (χ0) is 11.5. The van der Waals surface area contributed by atoms with E-state index in [1.54, 1.807) is 6.07 Å². The molecular formula is C11H15N3O2. The lowest BCUT2D eigenvalue weighted by atomic mass is 10.1. The Hall–Kier alpha value is -1.65. The fraction of sp³-hybridized carbons (Fsp3) is 0.545. The molecule has 2 atom stereocenters. The SMILES string of the molecule is CC1CCCC1Nc1ccc(C(=O)O)nn1. The first-order chi connectivity index (χ1) is 7.66. The van der Waals surface area contributed by atoms with Gasteiger partial charge in [0.15, 0.2) is 5.69 Å². The van der Waals surface area contributed by atoms with Crippen molar-refractivity contribution in [3.05, 3.63) is 17.8 Å². The molecule has 16 heavy (non-hydrogen) atoms. The number of nitrogens with zero attached hydrogens (tertiary/aromatic N) is 2. The highest BCUT2D eigenvalue weighted by molar-refractivity contribution is 5.85. The van der Waals surface area contributed by atoms with E-state index in [4.69, 9.17) is 5.11 Å². The quantitative estimate of drug-likeness (QED) is 0.813. The fourth-order valence-corrected chi connectivity index (χ4v) is 2.07. The Morgan fingerprint density at radius 2 is 2.25 bits per heavy atom. The van der Waals surface area contributed by atoms with Gasteiger partial charge in [-0.3, -0.25) is 0 Å². The number of hydrogen-bond acceptors (Lipinski definition) is 4. The molecule has 1 fully saturated rings. The van der Waals surface area contributed by atoms with Gasteiger partial charge in [-0.15, -0.1) is 10.2 Å². The summed E-state index contributed by atoms with van der Waals surface area (Å²) in [6.07, 6.45) is 3.61. The summed E-state index contributed by atoms with van der Waals surface area (Å²) in [4.78, 5) is 10.6. The highest BCUT2D eigenvalue weighted by Gasteiger charge is 2.23. The topological polar surface area (TPSA) is 75.1 Å². The van der Waals surface area contributed by atoms with Crippen LogP contribution in [0.1, 0.15) is 36.7 Å². The summed E-state index contributed by atoms with van der Waals surface area (Å²) in [5.41, 5.74) is -0.0231. The van der Waals surface area contributed by atoms with Crippen molar-refractivity contribution in [2.75, 3.05) is 5.32 Å². The Morgan fingerprint density at radius 1 is 1.44 bits per heavy atom. The second-order valence-corrected chi connectivity index (χ2v) is 4.27. The van der Waals surface area contributed by atoms with Crippen molar-refractivity contribution >= 4 is 11.8 Å². The summed E-state index contributed by atoms with van der Waals surface area (Å²) in [6, 6.07) is 3.57. The Labute approximate surface area is 93.9 Å². The molecule has 2 rings (SSSR count). The summed E-state index contributed by atoms with van der Waals surface area (Å²) in [5.74, 6) is 0.248. The highest BCUT2D eigenvalue weighted by atomic mass is 16.4. The molecule has 1 aromatic rings. The molecule has 5 nitrogen and oxygen atoms in total. The first-order valence-electron chi connectivity index (χ1n) is 5.50. The Bertz CT molecular complexity index is 377. The van der Waals surface area contributed by atoms with E-state index < -0.39 is 5.97 Å². The second kappa shape index (κ2) is 4.47. The Balaban J connectivity index is 2.02. The smallest absolute Gasteiger partial charge is 0.356 e. The van der Waals surface area contributed by atoms with Crippen LogP contribution in [-0.2, 0) is 0 Å². The van der Waals surface area contributed by atoms with E-state index in [2.05, 4.69) is 22.4 Å². The molecule has 0 spiro atoms. The van der Waals surface area contributed by atoms with Gasteiger partial charge in [0.2, 0.25) is 0 Å². The van der Waals surface area contributed by atoms with Gasteiger partial charge in [-0.05, 0) is 30.9 Å². The molecule has 0 amide bonds. The minimum atomic E-state index is -1.05. The van der Waals surface area contributed by atoms with Crippen LogP contribution in [0.4, 0.5) is 5.82 Å². The molecule has 2 unspecified atom stereocenters. The number of nitrogens with one attached hydrogen (secondary N) is 1. The van der Waals surface area contributed by atoms with Gasteiger partial charge in [0.05, 0.1) is 0 Å². The van der Waals surface area contributed by atoms with Gasteiger partial charge in [0, 0.05) is 6.04 Å². The molecule has 0 aromatic carbocycles. The van der Waals surface area contributed by atoms with E-state index in [-0.39, 0.29) is 5.69 Å². The largest absolute Gasteiger partial charge is 0.476 e. The molecule has 1 saturated carbocycles. The maximum absolute atomic E-state index is 10.6. The van der Waals surface area contributed by atoms with Gasteiger partial charge in [-0.1, -0.05) is 13.3 Å². The predicted octanol–water partition coefficient (Wildman–Crippen LogP) is 1.78. The van der Waals surface area contributed by atoms with Gasteiger partial charge < -0.3 is 10.4 Å². The molecule has 0 saturated heterocycles. The van der Waals surface area contributed by atoms with Crippen LogP contribution in [0.5, 0.6) is 0 Å². The average Bonchev–Trinajstić information content (AvgIpc) is 2.65.